The van der Waals surface area contributed by atoms with Crippen molar-refractivity contribution in [2.75, 3.05) is 20.3 Å². The van der Waals surface area contributed by atoms with Crippen LogP contribution in [0.1, 0.15) is 12.0 Å². The molecule has 106 valence electrons. The number of rotatable bonds is 6. The van der Waals surface area contributed by atoms with E-state index in [0.717, 1.165) is 5.56 Å². The summed E-state index contributed by atoms with van der Waals surface area (Å²) in [5, 5.41) is 10.3. The van der Waals surface area contributed by atoms with Gasteiger partial charge in [0, 0.05) is 13.5 Å². The van der Waals surface area contributed by atoms with Gasteiger partial charge in [-0.2, -0.15) is 0 Å². The SMILES string of the molecule is COCCOC1C(O)CC1Oc1ccc(C)cc1Cl. The number of aliphatic hydroxyl groups is 1. The summed E-state index contributed by atoms with van der Waals surface area (Å²) >= 11 is 6.12. The summed E-state index contributed by atoms with van der Waals surface area (Å²) in [5.41, 5.74) is 1.08. The Bertz CT molecular complexity index is 424. The van der Waals surface area contributed by atoms with Crippen LogP contribution in [0, 0.1) is 6.92 Å². The molecule has 1 saturated carbocycles. The average Bonchev–Trinajstić information content (AvgIpc) is 2.37. The van der Waals surface area contributed by atoms with Crippen LogP contribution in [0.25, 0.3) is 0 Å². The first-order valence-electron chi connectivity index (χ1n) is 6.33. The van der Waals surface area contributed by atoms with Crippen molar-refractivity contribution in [1.82, 2.24) is 0 Å². The van der Waals surface area contributed by atoms with Crippen molar-refractivity contribution in [3.63, 3.8) is 0 Å². The molecule has 1 fully saturated rings. The summed E-state index contributed by atoms with van der Waals surface area (Å²) in [6.45, 7) is 2.92. The highest BCUT2D eigenvalue weighted by molar-refractivity contribution is 6.32. The Balaban J connectivity index is 1.91. The maximum Gasteiger partial charge on any atom is 0.138 e. The van der Waals surface area contributed by atoms with E-state index in [1.807, 2.05) is 25.1 Å². The number of benzene rings is 1. The van der Waals surface area contributed by atoms with Gasteiger partial charge in [0.05, 0.1) is 24.3 Å². The standard InChI is InChI=1S/C14H19ClO4/c1-9-3-4-12(10(15)7-9)19-13-8-11(16)14(13)18-6-5-17-2/h3-4,7,11,13-14,16H,5-6,8H2,1-2H3. The Labute approximate surface area is 118 Å². The van der Waals surface area contributed by atoms with Gasteiger partial charge in [0.2, 0.25) is 0 Å². The molecule has 0 bridgehead atoms. The Morgan fingerprint density at radius 2 is 2.16 bits per heavy atom. The van der Waals surface area contributed by atoms with Crippen LogP contribution >= 0.6 is 11.6 Å². The fourth-order valence-corrected chi connectivity index (χ4v) is 2.30. The zero-order valence-electron chi connectivity index (χ0n) is 11.1. The second-order valence-corrected chi connectivity index (χ2v) is 5.13. The van der Waals surface area contributed by atoms with Gasteiger partial charge in [0.15, 0.2) is 0 Å². The van der Waals surface area contributed by atoms with Crippen LogP contribution < -0.4 is 4.74 Å². The first-order valence-corrected chi connectivity index (χ1v) is 6.71. The zero-order chi connectivity index (χ0) is 13.8. The number of hydrogen-bond donors (Lipinski definition) is 1. The van der Waals surface area contributed by atoms with Gasteiger partial charge in [0.1, 0.15) is 18.0 Å². The van der Waals surface area contributed by atoms with E-state index in [-0.39, 0.29) is 12.2 Å². The highest BCUT2D eigenvalue weighted by Crippen LogP contribution is 2.33. The number of aliphatic hydroxyl groups excluding tert-OH is 1. The molecule has 1 aromatic rings. The molecule has 0 spiro atoms. The highest BCUT2D eigenvalue weighted by atomic mass is 35.5. The van der Waals surface area contributed by atoms with Crippen LogP contribution in [0.2, 0.25) is 5.02 Å². The van der Waals surface area contributed by atoms with Crippen molar-refractivity contribution in [2.24, 2.45) is 0 Å². The third-order valence-corrected chi connectivity index (χ3v) is 3.48. The molecular formula is C14H19ClO4. The molecule has 0 saturated heterocycles. The molecular weight excluding hydrogens is 268 g/mol. The Hall–Kier alpha value is -0.810. The van der Waals surface area contributed by atoms with Gasteiger partial charge in [-0.15, -0.1) is 0 Å². The normalized spacial score (nSPS) is 26.0. The molecule has 4 nitrogen and oxygen atoms in total. The summed E-state index contributed by atoms with van der Waals surface area (Å²) in [6, 6.07) is 5.64. The zero-order valence-corrected chi connectivity index (χ0v) is 11.9. The summed E-state index contributed by atoms with van der Waals surface area (Å²) in [4.78, 5) is 0. The molecule has 3 unspecified atom stereocenters. The molecule has 1 aliphatic carbocycles. The summed E-state index contributed by atoms with van der Waals surface area (Å²) in [7, 11) is 1.61. The summed E-state index contributed by atoms with van der Waals surface area (Å²) in [6.07, 6.45) is -0.396. The molecule has 0 heterocycles. The van der Waals surface area contributed by atoms with Crippen LogP contribution in [-0.2, 0) is 9.47 Å². The lowest BCUT2D eigenvalue weighted by Gasteiger charge is -2.40. The molecule has 1 N–H and O–H groups in total. The summed E-state index contributed by atoms with van der Waals surface area (Å²) < 4.78 is 16.2. The van der Waals surface area contributed by atoms with Crippen molar-refractivity contribution in [1.29, 1.82) is 0 Å². The maximum atomic E-state index is 9.69. The molecule has 0 aliphatic heterocycles. The third kappa shape index (κ3) is 3.60. The number of methoxy groups -OCH3 is 1. The van der Waals surface area contributed by atoms with Crippen LogP contribution in [-0.4, -0.2) is 43.7 Å². The van der Waals surface area contributed by atoms with Crippen LogP contribution in [0.4, 0.5) is 0 Å². The minimum absolute atomic E-state index is 0.160. The molecule has 0 aromatic heterocycles. The second-order valence-electron chi connectivity index (χ2n) is 4.72. The lowest BCUT2D eigenvalue weighted by atomic mass is 9.88. The van der Waals surface area contributed by atoms with Gasteiger partial charge < -0.3 is 19.3 Å². The van der Waals surface area contributed by atoms with E-state index in [4.69, 9.17) is 25.8 Å². The molecule has 5 heteroatoms. The number of halogens is 1. The van der Waals surface area contributed by atoms with Crippen molar-refractivity contribution < 1.29 is 19.3 Å². The van der Waals surface area contributed by atoms with E-state index in [0.29, 0.717) is 30.4 Å². The lowest BCUT2D eigenvalue weighted by molar-refractivity contribution is -0.167. The fraction of sp³-hybridized carbons (Fsp3) is 0.571. The number of aryl methyl sites for hydroxylation is 1. The second kappa shape index (κ2) is 6.57. The molecule has 19 heavy (non-hydrogen) atoms. The highest BCUT2D eigenvalue weighted by Gasteiger charge is 2.43. The molecule has 0 radical (unpaired) electrons. The van der Waals surface area contributed by atoms with E-state index in [1.165, 1.54) is 0 Å². The van der Waals surface area contributed by atoms with Gasteiger partial charge in [0.25, 0.3) is 0 Å². The summed E-state index contributed by atoms with van der Waals surface area (Å²) in [5.74, 6) is 0.629. The van der Waals surface area contributed by atoms with Gasteiger partial charge in [-0.3, -0.25) is 0 Å². The fourth-order valence-electron chi connectivity index (χ4n) is 2.02. The Morgan fingerprint density at radius 3 is 2.79 bits per heavy atom. The Morgan fingerprint density at radius 1 is 1.37 bits per heavy atom. The van der Waals surface area contributed by atoms with Gasteiger partial charge in [-0.25, -0.2) is 0 Å². The van der Waals surface area contributed by atoms with Crippen LogP contribution in [0.3, 0.4) is 0 Å². The molecule has 1 aliphatic rings. The first-order chi connectivity index (χ1) is 9.11. The van der Waals surface area contributed by atoms with Crippen LogP contribution in [0.5, 0.6) is 5.75 Å². The van der Waals surface area contributed by atoms with E-state index in [2.05, 4.69) is 0 Å². The predicted molar refractivity (Wildman–Crippen MR) is 72.8 cm³/mol. The van der Waals surface area contributed by atoms with E-state index < -0.39 is 6.10 Å². The van der Waals surface area contributed by atoms with E-state index in [9.17, 15) is 5.11 Å². The average molecular weight is 287 g/mol. The molecule has 3 atom stereocenters. The van der Waals surface area contributed by atoms with Gasteiger partial charge >= 0.3 is 0 Å². The van der Waals surface area contributed by atoms with Crippen molar-refractivity contribution in [3.05, 3.63) is 28.8 Å². The largest absolute Gasteiger partial charge is 0.486 e. The maximum absolute atomic E-state index is 9.69. The monoisotopic (exact) mass is 286 g/mol. The lowest BCUT2D eigenvalue weighted by Crippen LogP contribution is -2.55. The van der Waals surface area contributed by atoms with Crippen molar-refractivity contribution >= 4 is 11.6 Å². The Kier molecular flexibility index (Phi) is 5.05. The topological polar surface area (TPSA) is 47.9 Å². The molecule has 0 amide bonds. The van der Waals surface area contributed by atoms with Crippen molar-refractivity contribution in [3.8, 4) is 5.75 Å². The van der Waals surface area contributed by atoms with Gasteiger partial charge in [-0.1, -0.05) is 17.7 Å². The first kappa shape index (κ1) is 14.6. The minimum Gasteiger partial charge on any atom is -0.486 e. The molecule has 1 aromatic carbocycles. The molecule has 2 rings (SSSR count). The van der Waals surface area contributed by atoms with Crippen molar-refractivity contribution in [2.45, 2.75) is 31.7 Å². The minimum atomic E-state index is -0.480. The number of hydrogen-bond acceptors (Lipinski definition) is 4. The van der Waals surface area contributed by atoms with E-state index in [1.54, 1.807) is 7.11 Å². The van der Waals surface area contributed by atoms with E-state index >= 15 is 0 Å². The van der Waals surface area contributed by atoms with Gasteiger partial charge in [-0.05, 0) is 24.6 Å². The predicted octanol–water partition coefficient (Wildman–Crippen LogP) is 2.19. The number of ether oxygens (including phenoxy) is 3. The quantitative estimate of drug-likeness (QED) is 0.815. The van der Waals surface area contributed by atoms with Crippen LogP contribution in [0.15, 0.2) is 18.2 Å². The smallest absolute Gasteiger partial charge is 0.138 e. The third-order valence-electron chi connectivity index (χ3n) is 3.18.